The highest BCUT2D eigenvalue weighted by atomic mass is 35.5. The number of pyridine rings is 1. The molecule has 162 valence electrons. The van der Waals surface area contributed by atoms with Gasteiger partial charge in [-0.25, -0.2) is 4.98 Å². The van der Waals surface area contributed by atoms with Crippen molar-refractivity contribution in [3.63, 3.8) is 0 Å². The van der Waals surface area contributed by atoms with E-state index in [4.69, 9.17) is 16.3 Å². The number of aromatic nitrogens is 1. The number of morpholine rings is 1. The van der Waals surface area contributed by atoms with Crippen LogP contribution in [0.3, 0.4) is 0 Å². The molecule has 3 aliphatic heterocycles. The van der Waals surface area contributed by atoms with Crippen molar-refractivity contribution < 1.29 is 19.1 Å². The SMILES string of the molecule is O=C(c1ccc(Cl)nc1)N1CCC(C(=O)N2CCC(N3CCOCC3=O)CC2)CC1. The number of hydrogen-bond donors (Lipinski definition) is 0. The first kappa shape index (κ1) is 21.1. The predicted octanol–water partition coefficient (Wildman–Crippen LogP) is 1.44. The molecule has 9 heteroatoms. The maximum absolute atomic E-state index is 13.0. The Balaban J connectivity index is 1.25. The van der Waals surface area contributed by atoms with Crippen LogP contribution in [0.25, 0.3) is 0 Å². The van der Waals surface area contributed by atoms with Gasteiger partial charge in [-0.2, -0.15) is 0 Å². The molecule has 0 atom stereocenters. The zero-order chi connectivity index (χ0) is 21.1. The van der Waals surface area contributed by atoms with Crippen LogP contribution in [0.5, 0.6) is 0 Å². The number of carbonyl (C=O) groups is 3. The van der Waals surface area contributed by atoms with Crippen LogP contribution in [-0.2, 0) is 14.3 Å². The van der Waals surface area contributed by atoms with Gasteiger partial charge in [0, 0.05) is 50.9 Å². The molecule has 0 aromatic carbocycles. The van der Waals surface area contributed by atoms with Gasteiger partial charge in [-0.15, -0.1) is 0 Å². The molecule has 0 radical (unpaired) electrons. The Morgan fingerprint density at radius 2 is 1.70 bits per heavy atom. The summed E-state index contributed by atoms with van der Waals surface area (Å²) in [6.45, 7) is 3.91. The smallest absolute Gasteiger partial charge is 0.255 e. The van der Waals surface area contributed by atoms with Gasteiger partial charge in [-0.1, -0.05) is 11.6 Å². The zero-order valence-corrected chi connectivity index (χ0v) is 17.7. The standard InChI is InChI=1S/C21H27ClN4O4/c22-18-2-1-16(13-23-18)21(29)24-7-3-15(4-8-24)20(28)25-9-5-17(6-10-25)26-11-12-30-14-19(26)27/h1-2,13,15,17H,3-12,14H2. The van der Waals surface area contributed by atoms with Crippen molar-refractivity contribution in [1.29, 1.82) is 0 Å². The summed E-state index contributed by atoms with van der Waals surface area (Å²) in [7, 11) is 0. The molecule has 0 N–H and O–H groups in total. The number of piperidine rings is 2. The Labute approximate surface area is 181 Å². The van der Waals surface area contributed by atoms with Gasteiger partial charge in [0.1, 0.15) is 11.8 Å². The highest BCUT2D eigenvalue weighted by molar-refractivity contribution is 6.29. The van der Waals surface area contributed by atoms with Crippen LogP contribution in [0, 0.1) is 5.92 Å². The van der Waals surface area contributed by atoms with E-state index in [2.05, 4.69) is 4.98 Å². The molecule has 3 amide bonds. The lowest BCUT2D eigenvalue weighted by atomic mass is 9.93. The molecule has 4 heterocycles. The van der Waals surface area contributed by atoms with E-state index in [1.165, 1.54) is 6.20 Å². The lowest BCUT2D eigenvalue weighted by Crippen LogP contribution is -2.53. The highest BCUT2D eigenvalue weighted by Crippen LogP contribution is 2.25. The number of hydrogen-bond acceptors (Lipinski definition) is 5. The Morgan fingerprint density at radius 3 is 2.33 bits per heavy atom. The lowest BCUT2D eigenvalue weighted by Gasteiger charge is -2.41. The first-order valence-corrected chi connectivity index (χ1v) is 11.0. The molecule has 0 bridgehead atoms. The molecule has 3 saturated heterocycles. The second-order valence-electron chi connectivity index (χ2n) is 8.13. The van der Waals surface area contributed by atoms with E-state index in [1.54, 1.807) is 17.0 Å². The third-order valence-electron chi connectivity index (χ3n) is 6.35. The summed E-state index contributed by atoms with van der Waals surface area (Å²) in [5.74, 6) is 0.126. The normalized spacial score (nSPS) is 21.8. The molecular weight excluding hydrogens is 408 g/mol. The van der Waals surface area contributed by atoms with Gasteiger partial charge in [0.15, 0.2) is 0 Å². The molecular formula is C21H27ClN4O4. The molecule has 0 saturated carbocycles. The summed E-state index contributed by atoms with van der Waals surface area (Å²) in [5, 5.41) is 0.359. The second-order valence-corrected chi connectivity index (χ2v) is 8.52. The first-order chi connectivity index (χ1) is 14.5. The van der Waals surface area contributed by atoms with Gasteiger partial charge in [-0.3, -0.25) is 14.4 Å². The number of ether oxygens (including phenoxy) is 1. The topological polar surface area (TPSA) is 83.1 Å². The van der Waals surface area contributed by atoms with Crippen LogP contribution in [0.2, 0.25) is 5.15 Å². The summed E-state index contributed by atoms with van der Waals surface area (Å²) in [4.78, 5) is 47.2. The minimum absolute atomic E-state index is 0.0426. The monoisotopic (exact) mass is 434 g/mol. The van der Waals surface area contributed by atoms with Crippen molar-refractivity contribution in [1.82, 2.24) is 19.7 Å². The number of carbonyl (C=O) groups excluding carboxylic acids is 3. The largest absolute Gasteiger partial charge is 0.370 e. The average molecular weight is 435 g/mol. The molecule has 0 aliphatic carbocycles. The van der Waals surface area contributed by atoms with Gasteiger partial charge < -0.3 is 19.4 Å². The summed E-state index contributed by atoms with van der Waals surface area (Å²) >= 11 is 5.79. The van der Waals surface area contributed by atoms with Gasteiger partial charge >= 0.3 is 0 Å². The Bertz CT molecular complexity index is 787. The summed E-state index contributed by atoms with van der Waals surface area (Å²) in [6, 6.07) is 3.50. The fourth-order valence-corrected chi connectivity index (χ4v) is 4.70. The summed E-state index contributed by atoms with van der Waals surface area (Å²) in [5.41, 5.74) is 0.518. The molecule has 3 aliphatic rings. The van der Waals surface area contributed by atoms with Crippen LogP contribution in [0.15, 0.2) is 18.3 Å². The second kappa shape index (κ2) is 9.31. The fraction of sp³-hybridized carbons (Fsp3) is 0.619. The Hall–Kier alpha value is -2.19. The van der Waals surface area contributed by atoms with Crippen LogP contribution < -0.4 is 0 Å². The molecule has 1 aromatic heterocycles. The van der Waals surface area contributed by atoms with E-state index in [1.807, 2.05) is 9.80 Å². The molecule has 8 nitrogen and oxygen atoms in total. The number of likely N-dealkylation sites (tertiary alicyclic amines) is 2. The van der Waals surface area contributed by atoms with Gasteiger partial charge in [-0.05, 0) is 37.8 Å². The van der Waals surface area contributed by atoms with Crippen LogP contribution >= 0.6 is 11.6 Å². The molecule has 30 heavy (non-hydrogen) atoms. The number of halogens is 1. The van der Waals surface area contributed by atoms with Crippen molar-refractivity contribution in [2.24, 2.45) is 5.92 Å². The quantitative estimate of drug-likeness (QED) is 0.672. The van der Waals surface area contributed by atoms with E-state index in [9.17, 15) is 14.4 Å². The number of nitrogens with zero attached hydrogens (tertiary/aromatic N) is 4. The molecule has 3 fully saturated rings. The van der Waals surface area contributed by atoms with Crippen molar-refractivity contribution in [3.8, 4) is 0 Å². The van der Waals surface area contributed by atoms with Crippen LogP contribution in [0.1, 0.15) is 36.0 Å². The molecule has 0 spiro atoms. The van der Waals surface area contributed by atoms with Gasteiger partial charge in [0.25, 0.3) is 5.91 Å². The zero-order valence-electron chi connectivity index (χ0n) is 17.0. The van der Waals surface area contributed by atoms with Crippen LogP contribution in [0.4, 0.5) is 0 Å². The Kier molecular flexibility index (Phi) is 6.53. The van der Waals surface area contributed by atoms with E-state index in [-0.39, 0.29) is 36.3 Å². The molecule has 4 rings (SSSR count). The fourth-order valence-electron chi connectivity index (χ4n) is 4.59. The highest BCUT2D eigenvalue weighted by Gasteiger charge is 2.35. The third kappa shape index (κ3) is 4.59. The summed E-state index contributed by atoms with van der Waals surface area (Å²) < 4.78 is 5.21. The van der Waals surface area contributed by atoms with Crippen molar-refractivity contribution in [2.45, 2.75) is 31.7 Å². The van der Waals surface area contributed by atoms with E-state index < -0.39 is 0 Å². The van der Waals surface area contributed by atoms with Crippen LogP contribution in [-0.4, -0.2) is 89.4 Å². The maximum Gasteiger partial charge on any atom is 0.255 e. The Morgan fingerprint density at radius 1 is 1.00 bits per heavy atom. The average Bonchev–Trinajstić information content (AvgIpc) is 2.79. The third-order valence-corrected chi connectivity index (χ3v) is 6.57. The van der Waals surface area contributed by atoms with E-state index >= 15 is 0 Å². The molecule has 0 unspecified atom stereocenters. The summed E-state index contributed by atoms with van der Waals surface area (Å²) in [6.07, 6.45) is 4.48. The van der Waals surface area contributed by atoms with E-state index in [0.717, 1.165) is 12.8 Å². The lowest BCUT2D eigenvalue weighted by molar-refractivity contribution is -0.148. The van der Waals surface area contributed by atoms with Gasteiger partial charge in [0.2, 0.25) is 11.8 Å². The van der Waals surface area contributed by atoms with Crippen molar-refractivity contribution in [3.05, 3.63) is 29.0 Å². The molecule has 1 aromatic rings. The first-order valence-electron chi connectivity index (χ1n) is 10.6. The number of rotatable bonds is 3. The van der Waals surface area contributed by atoms with Crippen molar-refractivity contribution >= 4 is 29.3 Å². The minimum Gasteiger partial charge on any atom is -0.370 e. The van der Waals surface area contributed by atoms with E-state index in [0.29, 0.717) is 62.9 Å². The van der Waals surface area contributed by atoms with Gasteiger partial charge in [0.05, 0.1) is 12.2 Å². The maximum atomic E-state index is 13.0. The predicted molar refractivity (Wildman–Crippen MR) is 110 cm³/mol. The minimum atomic E-state index is -0.0685. The van der Waals surface area contributed by atoms with Crippen molar-refractivity contribution in [2.75, 3.05) is 45.9 Å². The number of amides is 3.